The Balaban J connectivity index is 1.42. The van der Waals surface area contributed by atoms with E-state index in [1.165, 1.54) is 18.2 Å². The van der Waals surface area contributed by atoms with Crippen molar-refractivity contribution in [1.82, 2.24) is 19.4 Å². The first kappa shape index (κ1) is 18.8. The number of likely N-dealkylation sites (tertiary alicyclic amines) is 1. The molecular weight excluding hydrogens is 367 g/mol. The zero-order valence-electron chi connectivity index (χ0n) is 17.0. The molecule has 1 aromatic heterocycles. The van der Waals surface area contributed by atoms with E-state index in [9.17, 15) is 9.18 Å². The Morgan fingerprint density at radius 3 is 2.90 bits per heavy atom. The Bertz CT molecular complexity index is 897. The van der Waals surface area contributed by atoms with Gasteiger partial charge in [-0.3, -0.25) is 9.69 Å². The largest absolute Gasteiger partial charge is 0.337 e. The van der Waals surface area contributed by atoms with Gasteiger partial charge in [0, 0.05) is 51.4 Å². The van der Waals surface area contributed by atoms with Gasteiger partial charge in [0.05, 0.1) is 12.0 Å². The summed E-state index contributed by atoms with van der Waals surface area (Å²) in [7, 11) is 2.04. The third-order valence-electron chi connectivity index (χ3n) is 7.21. The first-order valence-corrected chi connectivity index (χ1v) is 10.8. The summed E-state index contributed by atoms with van der Waals surface area (Å²) in [6.07, 6.45) is 8.49. The van der Waals surface area contributed by atoms with E-state index in [1.807, 2.05) is 25.6 Å². The summed E-state index contributed by atoms with van der Waals surface area (Å²) in [5.74, 6) is 1.08. The van der Waals surface area contributed by atoms with Crippen molar-refractivity contribution in [1.29, 1.82) is 0 Å². The lowest BCUT2D eigenvalue weighted by Gasteiger charge is -2.56. The number of piperidine rings is 3. The normalized spacial score (nSPS) is 29.7. The standard InChI is InChI=1S/C23H29FN4O/c1-26-15-25-11-20(26)14-27-12-17-10-18(13-27)22(9-16-4-2-5-19(24)8-16)28-21(17)6-3-7-23(28)29/h2,4-5,8,11,15,17-18,21-22H,3,6-7,9-10,12-14H2,1H3/t17-,18+,21+,22+/m1/s1. The molecule has 0 unspecified atom stereocenters. The number of aromatic nitrogens is 2. The number of nitrogens with zero attached hydrogens (tertiary/aromatic N) is 4. The predicted octanol–water partition coefficient (Wildman–Crippen LogP) is 3.00. The van der Waals surface area contributed by atoms with Gasteiger partial charge >= 0.3 is 0 Å². The van der Waals surface area contributed by atoms with Crippen molar-refractivity contribution in [2.75, 3.05) is 13.1 Å². The van der Waals surface area contributed by atoms with Crippen LogP contribution in [0, 0.1) is 17.7 Å². The monoisotopic (exact) mass is 396 g/mol. The van der Waals surface area contributed by atoms with Gasteiger partial charge in [-0.2, -0.15) is 0 Å². The maximum atomic E-state index is 13.8. The van der Waals surface area contributed by atoms with Gasteiger partial charge in [0.2, 0.25) is 5.91 Å². The van der Waals surface area contributed by atoms with Gasteiger partial charge in [0.1, 0.15) is 5.82 Å². The van der Waals surface area contributed by atoms with E-state index in [2.05, 4.69) is 19.4 Å². The number of hydrogen-bond acceptors (Lipinski definition) is 3. The summed E-state index contributed by atoms with van der Waals surface area (Å²) < 4.78 is 15.9. The van der Waals surface area contributed by atoms with Crippen LogP contribution in [0.4, 0.5) is 4.39 Å². The SMILES string of the molecule is Cn1cncc1CN1C[C@H]2C[C@@H](C1)[C@H](Cc1cccc(F)c1)N1C(=O)CCC[C@@H]21. The second kappa shape index (κ2) is 7.56. The molecule has 1 aromatic carbocycles. The van der Waals surface area contributed by atoms with E-state index >= 15 is 0 Å². The minimum Gasteiger partial charge on any atom is -0.337 e. The number of imidazole rings is 1. The molecule has 0 aliphatic carbocycles. The van der Waals surface area contributed by atoms with Crippen molar-refractivity contribution in [3.8, 4) is 0 Å². The number of fused-ring (bicyclic) bond motifs is 4. The Kier molecular flexibility index (Phi) is 4.90. The minimum absolute atomic E-state index is 0.167. The molecule has 0 radical (unpaired) electrons. The summed E-state index contributed by atoms with van der Waals surface area (Å²) in [6.45, 7) is 2.93. The third kappa shape index (κ3) is 3.59. The van der Waals surface area contributed by atoms with E-state index in [0.717, 1.165) is 44.5 Å². The van der Waals surface area contributed by atoms with Crippen LogP contribution >= 0.6 is 0 Å². The molecule has 154 valence electrons. The van der Waals surface area contributed by atoms with E-state index in [1.54, 1.807) is 12.1 Å². The Morgan fingerprint density at radius 2 is 2.10 bits per heavy atom. The van der Waals surface area contributed by atoms with Crippen LogP contribution in [0.3, 0.4) is 0 Å². The Labute approximate surface area is 171 Å². The molecule has 6 heteroatoms. The van der Waals surface area contributed by atoms with Crippen molar-refractivity contribution < 1.29 is 9.18 Å². The van der Waals surface area contributed by atoms with Gasteiger partial charge in [0.15, 0.2) is 0 Å². The molecule has 3 fully saturated rings. The van der Waals surface area contributed by atoms with Crippen LogP contribution in [0.15, 0.2) is 36.8 Å². The van der Waals surface area contributed by atoms with Crippen LogP contribution in [0.2, 0.25) is 0 Å². The molecule has 0 spiro atoms. The highest BCUT2D eigenvalue weighted by Crippen LogP contribution is 2.42. The topological polar surface area (TPSA) is 41.4 Å². The highest BCUT2D eigenvalue weighted by molar-refractivity contribution is 5.78. The fourth-order valence-corrected chi connectivity index (χ4v) is 5.94. The molecule has 2 aromatic rings. The van der Waals surface area contributed by atoms with E-state index in [-0.39, 0.29) is 11.9 Å². The maximum Gasteiger partial charge on any atom is 0.223 e. The van der Waals surface area contributed by atoms with Gasteiger partial charge in [-0.25, -0.2) is 9.37 Å². The van der Waals surface area contributed by atoms with Gasteiger partial charge in [-0.1, -0.05) is 12.1 Å². The van der Waals surface area contributed by atoms with Gasteiger partial charge < -0.3 is 9.47 Å². The first-order chi connectivity index (χ1) is 14.1. The number of hydrogen-bond donors (Lipinski definition) is 0. The lowest BCUT2D eigenvalue weighted by molar-refractivity contribution is -0.152. The van der Waals surface area contributed by atoms with Crippen molar-refractivity contribution in [3.05, 3.63) is 53.9 Å². The summed E-state index contributed by atoms with van der Waals surface area (Å²) in [5, 5.41) is 0. The van der Waals surface area contributed by atoms with Crippen molar-refractivity contribution in [3.63, 3.8) is 0 Å². The molecule has 5 nitrogen and oxygen atoms in total. The number of halogens is 1. The molecule has 5 rings (SSSR count). The quantitative estimate of drug-likeness (QED) is 0.798. The second-order valence-electron chi connectivity index (χ2n) is 9.11. The fourth-order valence-electron chi connectivity index (χ4n) is 5.94. The fraction of sp³-hybridized carbons (Fsp3) is 0.565. The van der Waals surface area contributed by atoms with Gasteiger partial charge in [0.25, 0.3) is 0 Å². The smallest absolute Gasteiger partial charge is 0.223 e. The number of carbonyl (C=O) groups is 1. The molecule has 3 aliphatic rings. The summed E-state index contributed by atoms with van der Waals surface area (Å²) in [4.78, 5) is 22.0. The molecule has 29 heavy (non-hydrogen) atoms. The number of rotatable bonds is 4. The van der Waals surface area contributed by atoms with Crippen molar-refractivity contribution in [2.45, 2.75) is 50.7 Å². The van der Waals surface area contributed by atoms with Crippen LogP contribution in [0.5, 0.6) is 0 Å². The van der Waals surface area contributed by atoms with Gasteiger partial charge in [-0.15, -0.1) is 0 Å². The molecule has 2 bridgehead atoms. The Morgan fingerprint density at radius 1 is 1.24 bits per heavy atom. The molecule has 0 N–H and O–H groups in total. The van der Waals surface area contributed by atoms with Gasteiger partial charge in [-0.05, 0) is 55.2 Å². The van der Waals surface area contributed by atoms with Crippen molar-refractivity contribution in [2.24, 2.45) is 18.9 Å². The van der Waals surface area contributed by atoms with E-state index in [4.69, 9.17) is 0 Å². The molecule has 1 amide bonds. The minimum atomic E-state index is -0.195. The summed E-state index contributed by atoms with van der Waals surface area (Å²) >= 11 is 0. The van der Waals surface area contributed by atoms with Crippen molar-refractivity contribution >= 4 is 5.91 Å². The number of benzene rings is 1. The van der Waals surface area contributed by atoms with E-state index in [0.29, 0.717) is 30.2 Å². The number of aryl methyl sites for hydroxylation is 1. The molecular formula is C23H29FN4O. The average molecular weight is 397 g/mol. The third-order valence-corrected chi connectivity index (χ3v) is 7.21. The highest BCUT2D eigenvalue weighted by Gasteiger charge is 2.49. The van der Waals surface area contributed by atoms with Crippen LogP contribution in [0.1, 0.15) is 36.9 Å². The highest BCUT2D eigenvalue weighted by atomic mass is 19.1. The molecule has 4 atom stereocenters. The van der Waals surface area contributed by atoms with Crippen LogP contribution < -0.4 is 0 Å². The number of carbonyl (C=O) groups excluding carboxylic acids is 1. The average Bonchev–Trinajstić information content (AvgIpc) is 3.10. The molecule has 3 aliphatic heterocycles. The zero-order chi connectivity index (χ0) is 20.0. The first-order valence-electron chi connectivity index (χ1n) is 10.8. The lowest BCUT2D eigenvalue weighted by Crippen LogP contribution is -2.65. The molecule has 3 saturated heterocycles. The zero-order valence-corrected chi connectivity index (χ0v) is 17.0. The maximum absolute atomic E-state index is 13.8. The summed E-state index contributed by atoms with van der Waals surface area (Å²) in [6, 6.07) is 7.40. The lowest BCUT2D eigenvalue weighted by atomic mass is 9.70. The second-order valence-corrected chi connectivity index (χ2v) is 9.11. The molecule has 4 heterocycles. The van der Waals surface area contributed by atoms with Crippen LogP contribution in [0.25, 0.3) is 0 Å². The Hall–Kier alpha value is -2.21. The van der Waals surface area contributed by atoms with E-state index < -0.39 is 0 Å². The van der Waals surface area contributed by atoms with Crippen LogP contribution in [-0.2, 0) is 24.8 Å². The molecule has 0 saturated carbocycles. The summed E-state index contributed by atoms with van der Waals surface area (Å²) in [5.41, 5.74) is 2.22. The predicted molar refractivity (Wildman–Crippen MR) is 108 cm³/mol. The number of amides is 1. The van der Waals surface area contributed by atoms with Crippen LogP contribution in [-0.4, -0.2) is 50.4 Å².